The minimum Gasteiger partial charge on any atom is -0.481 e. The third kappa shape index (κ3) is 4.30. The molecule has 1 rings (SSSR count). The molecular formula is C11H19N3O2S. The SMILES string of the molecule is CCc1nsc(N(CCCC(=O)O)C(C)C)n1. The van der Waals surface area contributed by atoms with E-state index in [1.165, 1.54) is 11.5 Å². The van der Waals surface area contributed by atoms with Crippen molar-refractivity contribution in [3.63, 3.8) is 0 Å². The van der Waals surface area contributed by atoms with Crippen LogP contribution in [0, 0.1) is 0 Å². The number of aliphatic carboxylic acids is 1. The normalized spacial score (nSPS) is 10.8. The zero-order valence-corrected chi connectivity index (χ0v) is 11.3. The molecule has 1 N–H and O–H groups in total. The summed E-state index contributed by atoms with van der Waals surface area (Å²) in [6.45, 7) is 6.89. The van der Waals surface area contributed by atoms with Crippen LogP contribution in [-0.2, 0) is 11.2 Å². The Morgan fingerprint density at radius 1 is 1.53 bits per heavy atom. The van der Waals surface area contributed by atoms with Crippen LogP contribution in [0.1, 0.15) is 39.4 Å². The van der Waals surface area contributed by atoms with Gasteiger partial charge in [0.05, 0.1) is 0 Å². The molecule has 1 aromatic heterocycles. The molecule has 0 bridgehead atoms. The molecule has 5 nitrogen and oxygen atoms in total. The lowest BCUT2D eigenvalue weighted by Crippen LogP contribution is -2.32. The van der Waals surface area contributed by atoms with E-state index in [2.05, 4.69) is 28.1 Å². The molecule has 0 aliphatic carbocycles. The minimum absolute atomic E-state index is 0.197. The summed E-state index contributed by atoms with van der Waals surface area (Å²) < 4.78 is 4.25. The van der Waals surface area contributed by atoms with E-state index in [4.69, 9.17) is 5.11 Å². The molecule has 0 saturated heterocycles. The van der Waals surface area contributed by atoms with Gasteiger partial charge in [0.25, 0.3) is 0 Å². The predicted molar refractivity (Wildman–Crippen MR) is 68.6 cm³/mol. The molecule has 1 aromatic rings. The van der Waals surface area contributed by atoms with Crippen molar-refractivity contribution in [2.45, 2.75) is 46.1 Å². The number of aryl methyl sites for hydroxylation is 1. The fourth-order valence-electron chi connectivity index (χ4n) is 1.48. The molecule has 0 aliphatic heterocycles. The Bertz CT molecular complexity index is 365. The number of nitrogens with zero attached hydrogens (tertiary/aromatic N) is 3. The van der Waals surface area contributed by atoms with Crippen molar-refractivity contribution in [1.82, 2.24) is 9.36 Å². The van der Waals surface area contributed by atoms with Gasteiger partial charge in [0.2, 0.25) is 5.13 Å². The van der Waals surface area contributed by atoms with E-state index in [1.807, 2.05) is 6.92 Å². The fraction of sp³-hybridized carbons (Fsp3) is 0.727. The number of anilines is 1. The van der Waals surface area contributed by atoms with Gasteiger partial charge in [0.15, 0.2) is 0 Å². The van der Waals surface area contributed by atoms with Gasteiger partial charge in [0, 0.05) is 37.0 Å². The molecule has 0 spiro atoms. The third-order valence-electron chi connectivity index (χ3n) is 2.43. The van der Waals surface area contributed by atoms with E-state index in [1.54, 1.807) is 0 Å². The lowest BCUT2D eigenvalue weighted by atomic mass is 10.2. The smallest absolute Gasteiger partial charge is 0.303 e. The minimum atomic E-state index is -0.750. The first-order chi connectivity index (χ1) is 8.04. The quantitative estimate of drug-likeness (QED) is 0.811. The Labute approximate surface area is 106 Å². The second-order valence-corrected chi connectivity index (χ2v) is 4.86. The van der Waals surface area contributed by atoms with Crippen molar-refractivity contribution in [1.29, 1.82) is 0 Å². The monoisotopic (exact) mass is 257 g/mol. The molecule has 96 valence electrons. The van der Waals surface area contributed by atoms with Crippen LogP contribution in [0.5, 0.6) is 0 Å². The molecule has 17 heavy (non-hydrogen) atoms. The second kappa shape index (κ2) is 6.54. The largest absolute Gasteiger partial charge is 0.481 e. The average molecular weight is 257 g/mol. The highest BCUT2D eigenvalue weighted by molar-refractivity contribution is 7.09. The van der Waals surface area contributed by atoms with E-state index in [0.717, 1.165) is 17.4 Å². The van der Waals surface area contributed by atoms with Crippen molar-refractivity contribution in [2.24, 2.45) is 0 Å². The van der Waals surface area contributed by atoms with Crippen LogP contribution in [0.4, 0.5) is 5.13 Å². The number of hydrogen-bond acceptors (Lipinski definition) is 5. The van der Waals surface area contributed by atoms with E-state index in [-0.39, 0.29) is 6.42 Å². The summed E-state index contributed by atoms with van der Waals surface area (Å²) in [5, 5.41) is 9.52. The summed E-state index contributed by atoms with van der Waals surface area (Å²) in [4.78, 5) is 17.0. The summed E-state index contributed by atoms with van der Waals surface area (Å²) in [7, 11) is 0. The lowest BCUT2D eigenvalue weighted by Gasteiger charge is -2.25. The second-order valence-electron chi connectivity index (χ2n) is 4.13. The molecule has 0 amide bonds. The van der Waals surface area contributed by atoms with Gasteiger partial charge in [0.1, 0.15) is 5.82 Å². The highest BCUT2D eigenvalue weighted by Gasteiger charge is 2.15. The van der Waals surface area contributed by atoms with Crippen molar-refractivity contribution in [2.75, 3.05) is 11.4 Å². The summed E-state index contributed by atoms with van der Waals surface area (Å²) in [5.41, 5.74) is 0. The van der Waals surface area contributed by atoms with Crippen molar-refractivity contribution in [3.8, 4) is 0 Å². The molecule has 0 atom stereocenters. The van der Waals surface area contributed by atoms with Gasteiger partial charge in [-0.25, -0.2) is 4.98 Å². The Hall–Kier alpha value is -1.17. The van der Waals surface area contributed by atoms with Crippen molar-refractivity contribution in [3.05, 3.63) is 5.82 Å². The summed E-state index contributed by atoms with van der Waals surface area (Å²) in [5.74, 6) is 0.106. The van der Waals surface area contributed by atoms with Crippen LogP contribution >= 0.6 is 11.5 Å². The zero-order chi connectivity index (χ0) is 12.8. The highest BCUT2D eigenvalue weighted by atomic mass is 32.1. The number of aromatic nitrogens is 2. The highest BCUT2D eigenvalue weighted by Crippen LogP contribution is 2.20. The predicted octanol–water partition coefficient (Wildman–Crippen LogP) is 2.18. The average Bonchev–Trinajstić information content (AvgIpc) is 2.71. The first kappa shape index (κ1) is 13.9. The third-order valence-corrected chi connectivity index (χ3v) is 3.22. The van der Waals surface area contributed by atoms with Gasteiger partial charge in [-0.15, -0.1) is 0 Å². The van der Waals surface area contributed by atoms with E-state index in [0.29, 0.717) is 19.0 Å². The summed E-state index contributed by atoms with van der Waals surface area (Å²) in [6.07, 6.45) is 1.66. The number of rotatable bonds is 7. The van der Waals surface area contributed by atoms with Crippen LogP contribution in [-0.4, -0.2) is 33.0 Å². The number of carbonyl (C=O) groups is 1. The Balaban J connectivity index is 2.62. The molecule has 0 unspecified atom stereocenters. The molecule has 0 aliphatic rings. The van der Waals surface area contributed by atoms with Gasteiger partial charge in [-0.2, -0.15) is 4.37 Å². The first-order valence-corrected chi connectivity index (χ1v) is 6.63. The molecule has 0 saturated carbocycles. The maximum Gasteiger partial charge on any atom is 0.303 e. The van der Waals surface area contributed by atoms with Gasteiger partial charge in [-0.3, -0.25) is 4.79 Å². The number of hydrogen-bond donors (Lipinski definition) is 1. The zero-order valence-electron chi connectivity index (χ0n) is 10.5. The number of carboxylic acids is 1. The van der Waals surface area contributed by atoms with Crippen molar-refractivity contribution < 1.29 is 9.90 Å². The molecule has 1 heterocycles. The van der Waals surface area contributed by atoms with Crippen molar-refractivity contribution >= 4 is 22.6 Å². The van der Waals surface area contributed by atoms with Crippen LogP contribution in [0.3, 0.4) is 0 Å². The van der Waals surface area contributed by atoms with Gasteiger partial charge in [-0.05, 0) is 20.3 Å². The first-order valence-electron chi connectivity index (χ1n) is 5.85. The van der Waals surface area contributed by atoms with E-state index < -0.39 is 5.97 Å². The molecule has 0 fully saturated rings. The standard InChI is InChI=1S/C11H19N3O2S/c1-4-9-12-11(17-13-9)14(8(2)3)7-5-6-10(15)16/h8H,4-7H2,1-3H3,(H,15,16). The van der Waals surface area contributed by atoms with Crippen LogP contribution in [0.2, 0.25) is 0 Å². The van der Waals surface area contributed by atoms with E-state index >= 15 is 0 Å². The van der Waals surface area contributed by atoms with Gasteiger partial charge < -0.3 is 10.0 Å². The number of carboxylic acid groups (broad SMARTS) is 1. The van der Waals surface area contributed by atoms with Crippen LogP contribution in [0.25, 0.3) is 0 Å². The maximum absolute atomic E-state index is 10.5. The molecular weight excluding hydrogens is 238 g/mol. The Morgan fingerprint density at radius 2 is 2.24 bits per heavy atom. The van der Waals surface area contributed by atoms with E-state index in [9.17, 15) is 4.79 Å². The van der Waals surface area contributed by atoms with Crippen LogP contribution in [0.15, 0.2) is 0 Å². The maximum atomic E-state index is 10.5. The molecule has 6 heteroatoms. The van der Waals surface area contributed by atoms with Gasteiger partial charge >= 0.3 is 5.97 Å². The summed E-state index contributed by atoms with van der Waals surface area (Å²) >= 11 is 1.39. The van der Waals surface area contributed by atoms with Gasteiger partial charge in [-0.1, -0.05) is 6.92 Å². The Kier molecular flexibility index (Phi) is 5.34. The summed E-state index contributed by atoms with van der Waals surface area (Å²) in [6, 6.07) is 0.307. The topological polar surface area (TPSA) is 66.3 Å². The lowest BCUT2D eigenvalue weighted by molar-refractivity contribution is -0.137. The fourth-order valence-corrected chi connectivity index (χ4v) is 2.39. The molecule has 0 aromatic carbocycles. The Morgan fingerprint density at radius 3 is 2.71 bits per heavy atom. The molecule has 0 radical (unpaired) electrons. The van der Waals surface area contributed by atoms with Crippen LogP contribution < -0.4 is 4.90 Å².